The van der Waals surface area contributed by atoms with Gasteiger partial charge in [-0.25, -0.2) is 4.98 Å². The molecule has 0 aliphatic heterocycles. The summed E-state index contributed by atoms with van der Waals surface area (Å²) in [5, 5.41) is 2.08. The van der Waals surface area contributed by atoms with Gasteiger partial charge in [0.2, 0.25) is 0 Å². The predicted octanol–water partition coefficient (Wildman–Crippen LogP) is 4.40. The standard InChI is InChI=1S/C21H16N2O/c1-2-13-23-20-10-6-4-8-16(20)14-17(21(23)24)19-12-11-15-7-3-5-9-18(15)22-19/h2-12,14H,1,13H2. The first kappa shape index (κ1) is 14.4. The van der Waals surface area contributed by atoms with Crippen molar-refractivity contribution < 1.29 is 0 Å². The van der Waals surface area contributed by atoms with Crippen LogP contribution in [0.15, 0.2) is 84.2 Å². The van der Waals surface area contributed by atoms with E-state index >= 15 is 0 Å². The van der Waals surface area contributed by atoms with E-state index in [1.54, 1.807) is 10.6 Å². The van der Waals surface area contributed by atoms with Gasteiger partial charge in [0.25, 0.3) is 5.56 Å². The summed E-state index contributed by atoms with van der Waals surface area (Å²) in [6, 6.07) is 21.6. The van der Waals surface area contributed by atoms with Crippen LogP contribution in [-0.4, -0.2) is 9.55 Å². The normalized spacial score (nSPS) is 11.0. The van der Waals surface area contributed by atoms with Gasteiger partial charge in [-0.1, -0.05) is 48.5 Å². The zero-order chi connectivity index (χ0) is 16.5. The lowest BCUT2D eigenvalue weighted by Crippen LogP contribution is -2.21. The molecule has 0 spiro atoms. The summed E-state index contributed by atoms with van der Waals surface area (Å²) >= 11 is 0. The molecule has 24 heavy (non-hydrogen) atoms. The van der Waals surface area contributed by atoms with Crippen LogP contribution in [0.5, 0.6) is 0 Å². The number of nitrogens with zero attached hydrogens (tertiary/aromatic N) is 2. The molecule has 0 bridgehead atoms. The van der Waals surface area contributed by atoms with Gasteiger partial charge < -0.3 is 4.57 Å². The Morgan fingerprint density at radius 2 is 1.71 bits per heavy atom. The summed E-state index contributed by atoms with van der Waals surface area (Å²) in [5.74, 6) is 0. The first-order chi connectivity index (χ1) is 11.8. The van der Waals surface area contributed by atoms with Crippen LogP contribution in [-0.2, 0) is 6.54 Å². The summed E-state index contributed by atoms with van der Waals surface area (Å²) in [6.45, 7) is 4.24. The molecule has 2 heterocycles. The third-order valence-corrected chi connectivity index (χ3v) is 4.19. The van der Waals surface area contributed by atoms with Crippen LogP contribution in [0, 0.1) is 0 Å². The van der Waals surface area contributed by atoms with Gasteiger partial charge in [0, 0.05) is 11.9 Å². The molecule has 0 aliphatic rings. The number of pyridine rings is 2. The molecule has 2 aromatic carbocycles. The molecule has 0 N–H and O–H groups in total. The maximum atomic E-state index is 13.0. The van der Waals surface area contributed by atoms with Gasteiger partial charge in [-0.15, -0.1) is 6.58 Å². The minimum absolute atomic E-state index is 0.0450. The number of allylic oxidation sites excluding steroid dienone is 1. The zero-order valence-corrected chi connectivity index (χ0v) is 13.1. The quantitative estimate of drug-likeness (QED) is 0.525. The Balaban J connectivity index is 2.03. The summed E-state index contributed by atoms with van der Waals surface area (Å²) in [5.41, 5.74) is 3.06. The summed E-state index contributed by atoms with van der Waals surface area (Å²) in [6.07, 6.45) is 1.74. The SMILES string of the molecule is C=CCn1c(=O)c(-c2ccc3ccccc3n2)cc2ccccc21. The van der Waals surface area contributed by atoms with Crippen molar-refractivity contribution in [2.24, 2.45) is 0 Å². The first-order valence-electron chi connectivity index (χ1n) is 7.87. The molecule has 0 atom stereocenters. The average Bonchev–Trinajstić information content (AvgIpc) is 2.63. The van der Waals surface area contributed by atoms with Gasteiger partial charge in [-0.2, -0.15) is 0 Å². The van der Waals surface area contributed by atoms with Crippen molar-refractivity contribution in [1.82, 2.24) is 9.55 Å². The fraction of sp³-hybridized carbons (Fsp3) is 0.0476. The first-order valence-corrected chi connectivity index (χ1v) is 7.87. The number of fused-ring (bicyclic) bond motifs is 2. The Morgan fingerprint density at radius 3 is 2.54 bits per heavy atom. The van der Waals surface area contributed by atoms with E-state index in [-0.39, 0.29) is 5.56 Å². The number of hydrogen-bond donors (Lipinski definition) is 0. The number of rotatable bonds is 3. The largest absolute Gasteiger partial charge is 0.304 e. The molecule has 0 saturated carbocycles. The van der Waals surface area contributed by atoms with Crippen molar-refractivity contribution in [3.63, 3.8) is 0 Å². The maximum absolute atomic E-state index is 13.0. The van der Waals surface area contributed by atoms with Gasteiger partial charge in [0.05, 0.1) is 22.3 Å². The second-order valence-corrected chi connectivity index (χ2v) is 5.71. The van der Waals surface area contributed by atoms with Crippen LogP contribution >= 0.6 is 0 Å². The molecule has 0 fully saturated rings. The molecule has 4 aromatic rings. The van der Waals surface area contributed by atoms with Gasteiger partial charge in [0.1, 0.15) is 0 Å². The van der Waals surface area contributed by atoms with Crippen molar-refractivity contribution in [2.75, 3.05) is 0 Å². The highest BCUT2D eigenvalue weighted by atomic mass is 16.1. The average molecular weight is 312 g/mol. The number of benzene rings is 2. The molecule has 0 aliphatic carbocycles. The zero-order valence-electron chi connectivity index (χ0n) is 13.1. The molecule has 0 amide bonds. The van der Waals surface area contributed by atoms with E-state index in [0.29, 0.717) is 17.8 Å². The van der Waals surface area contributed by atoms with Crippen molar-refractivity contribution in [3.8, 4) is 11.3 Å². The lowest BCUT2D eigenvalue weighted by molar-refractivity contribution is 0.820. The summed E-state index contributed by atoms with van der Waals surface area (Å²) in [7, 11) is 0. The number of aromatic nitrogens is 2. The van der Waals surface area contributed by atoms with Crippen LogP contribution in [0.1, 0.15) is 0 Å². The van der Waals surface area contributed by atoms with Crippen molar-refractivity contribution in [1.29, 1.82) is 0 Å². The fourth-order valence-corrected chi connectivity index (χ4v) is 3.04. The van der Waals surface area contributed by atoms with E-state index in [1.165, 1.54) is 0 Å². The smallest absolute Gasteiger partial charge is 0.260 e. The number of para-hydroxylation sites is 2. The molecule has 0 radical (unpaired) electrons. The van der Waals surface area contributed by atoms with Gasteiger partial charge >= 0.3 is 0 Å². The Hall–Kier alpha value is -3.20. The minimum Gasteiger partial charge on any atom is -0.304 e. The second kappa shape index (κ2) is 5.78. The molecule has 4 rings (SSSR count). The lowest BCUT2D eigenvalue weighted by atomic mass is 10.1. The molecule has 0 unspecified atom stereocenters. The summed E-state index contributed by atoms with van der Waals surface area (Å²) < 4.78 is 1.74. The van der Waals surface area contributed by atoms with Gasteiger partial charge in [-0.05, 0) is 29.7 Å². The Bertz CT molecular complexity index is 1130. The van der Waals surface area contributed by atoms with E-state index < -0.39 is 0 Å². The van der Waals surface area contributed by atoms with Crippen molar-refractivity contribution >= 4 is 21.8 Å². The Kier molecular flexibility index (Phi) is 3.47. The van der Waals surface area contributed by atoms with Gasteiger partial charge in [-0.3, -0.25) is 4.79 Å². The molecule has 3 nitrogen and oxygen atoms in total. The van der Waals surface area contributed by atoms with E-state index in [4.69, 9.17) is 0 Å². The fourth-order valence-electron chi connectivity index (χ4n) is 3.04. The highest BCUT2D eigenvalue weighted by Crippen LogP contribution is 2.22. The van der Waals surface area contributed by atoms with E-state index in [9.17, 15) is 4.79 Å². The molecular formula is C21H16N2O. The van der Waals surface area contributed by atoms with E-state index in [0.717, 1.165) is 21.8 Å². The van der Waals surface area contributed by atoms with Crippen LogP contribution < -0.4 is 5.56 Å². The summed E-state index contributed by atoms with van der Waals surface area (Å²) in [4.78, 5) is 17.7. The Morgan fingerprint density at radius 1 is 0.958 bits per heavy atom. The lowest BCUT2D eigenvalue weighted by Gasteiger charge is -2.11. The monoisotopic (exact) mass is 312 g/mol. The maximum Gasteiger partial charge on any atom is 0.260 e. The highest BCUT2D eigenvalue weighted by molar-refractivity contribution is 5.86. The molecule has 116 valence electrons. The third-order valence-electron chi connectivity index (χ3n) is 4.19. The predicted molar refractivity (Wildman–Crippen MR) is 99.1 cm³/mol. The molecule has 2 aromatic heterocycles. The Labute approximate surface area is 139 Å². The van der Waals surface area contributed by atoms with Crippen LogP contribution in [0.3, 0.4) is 0 Å². The van der Waals surface area contributed by atoms with Crippen LogP contribution in [0.4, 0.5) is 0 Å². The molecule has 0 saturated heterocycles. The second-order valence-electron chi connectivity index (χ2n) is 5.71. The van der Waals surface area contributed by atoms with Crippen molar-refractivity contribution in [3.05, 3.63) is 89.7 Å². The topological polar surface area (TPSA) is 34.9 Å². The van der Waals surface area contributed by atoms with E-state index in [1.807, 2.05) is 66.7 Å². The molecule has 3 heteroatoms. The van der Waals surface area contributed by atoms with Crippen LogP contribution in [0.25, 0.3) is 33.1 Å². The number of hydrogen-bond acceptors (Lipinski definition) is 2. The van der Waals surface area contributed by atoms with E-state index in [2.05, 4.69) is 11.6 Å². The van der Waals surface area contributed by atoms with Gasteiger partial charge in [0.15, 0.2) is 0 Å². The highest BCUT2D eigenvalue weighted by Gasteiger charge is 2.11. The third kappa shape index (κ3) is 2.31. The van der Waals surface area contributed by atoms with Crippen LogP contribution in [0.2, 0.25) is 0 Å². The molecular weight excluding hydrogens is 296 g/mol. The minimum atomic E-state index is -0.0450. The van der Waals surface area contributed by atoms with Crippen molar-refractivity contribution in [2.45, 2.75) is 6.54 Å².